The van der Waals surface area contributed by atoms with Crippen molar-refractivity contribution < 1.29 is 9.47 Å². The molecule has 0 spiro atoms. The van der Waals surface area contributed by atoms with Crippen LogP contribution in [-0.2, 0) is 19.4 Å². The number of guanidine groups is 1. The standard InChI is InChI=1S/C20H27ClN4O2S/c1-3-15-13-24-18(28-15)6-7-23-20(22-4-2)25-12-14-10-16(21)19-17(11-14)26-8-5-9-27-19/h10-11,13H,3-9,12H2,1-2H3,(H2,22,23,25). The van der Waals surface area contributed by atoms with E-state index in [-0.39, 0.29) is 0 Å². The monoisotopic (exact) mass is 422 g/mol. The molecule has 0 amide bonds. The topological polar surface area (TPSA) is 67.8 Å². The molecule has 1 aliphatic heterocycles. The van der Waals surface area contributed by atoms with E-state index in [4.69, 9.17) is 21.1 Å². The number of thiazole rings is 1. The van der Waals surface area contributed by atoms with E-state index < -0.39 is 0 Å². The lowest BCUT2D eigenvalue weighted by molar-refractivity contribution is 0.297. The number of hydrogen-bond donors (Lipinski definition) is 2. The van der Waals surface area contributed by atoms with Gasteiger partial charge in [0.1, 0.15) is 0 Å². The number of nitrogens with zero attached hydrogens (tertiary/aromatic N) is 2. The Balaban J connectivity index is 1.60. The molecule has 0 fully saturated rings. The molecule has 152 valence electrons. The van der Waals surface area contributed by atoms with Gasteiger partial charge in [0.15, 0.2) is 17.5 Å². The van der Waals surface area contributed by atoms with Gasteiger partial charge >= 0.3 is 0 Å². The average molecular weight is 423 g/mol. The molecule has 2 N–H and O–H groups in total. The number of hydrogen-bond acceptors (Lipinski definition) is 5. The second-order valence-electron chi connectivity index (χ2n) is 6.40. The molecule has 3 rings (SSSR count). The van der Waals surface area contributed by atoms with Crippen molar-refractivity contribution in [1.29, 1.82) is 0 Å². The molecular formula is C20H27ClN4O2S. The molecule has 0 saturated heterocycles. The number of aliphatic imine (C=N–C) groups is 1. The summed E-state index contributed by atoms with van der Waals surface area (Å²) in [7, 11) is 0. The summed E-state index contributed by atoms with van der Waals surface area (Å²) < 4.78 is 11.4. The molecule has 2 aromatic rings. The SMILES string of the molecule is CCNC(=NCc1cc(Cl)c2c(c1)OCCCO2)NCCc1ncc(CC)s1. The van der Waals surface area contributed by atoms with Gasteiger partial charge in [0.05, 0.1) is 29.8 Å². The van der Waals surface area contributed by atoms with Crippen molar-refractivity contribution in [2.45, 2.75) is 39.7 Å². The maximum absolute atomic E-state index is 6.37. The lowest BCUT2D eigenvalue weighted by Gasteiger charge is -2.12. The van der Waals surface area contributed by atoms with Crippen molar-refractivity contribution >= 4 is 28.9 Å². The fourth-order valence-corrected chi connectivity index (χ4v) is 3.95. The van der Waals surface area contributed by atoms with Gasteiger partial charge in [0, 0.05) is 37.0 Å². The predicted molar refractivity (Wildman–Crippen MR) is 115 cm³/mol. The van der Waals surface area contributed by atoms with Crippen LogP contribution in [0.15, 0.2) is 23.3 Å². The van der Waals surface area contributed by atoms with E-state index in [0.29, 0.717) is 36.3 Å². The Bertz CT molecular complexity index is 809. The molecule has 6 nitrogen and oxygen atoms in total. The Hall–Kier alpha value is -1.99. The maximum Gasteiger partial charge on any atom is 0.191 e. The highest BCUT2D eigenvalue weighted by Crippen LogP contribution is 2.38. The minimum absolute atomic E-state index is 0.503. The zero-order valence-electron chi connectivity index (χ0n) is 16.4. The lowest BCUT2D eigenvalue weighted by Crippen LogP contribution is -2.38. The Labute approximate surface area is 175 Å². The van der Waals surface area contributed by atoms with Crippen LogP contribution in [0.4, 0.5) is 0 Å². The molecule has 0 bridgehead atoms. The number of benzene rings is 1. The molecule has 1 aromatic carbocycles. The lowest BCUT2D eigenvalue weighted by atomic mass is 10.2. The number of halogens is 1. The van der Waals surface area contributed by atoms with Crippen molar-refractivity contribution in [1.82, 2.24) is 15.6 Å². The molecule has 0 aliphatic carbocycles. The number of fused-ring (bicyclic) bond motifs is 1. The van der Waals surface area contributed by atoms with Crippen LogP contribution in [-0.4, -0.2) is 37.2 Å². The van der Waals surface area contributed by atoms with Crippen LogP contribution >= 0.6 is 22.9 Å². The van der Waals surface area contributed by atoms with E-state index in [1.165, 1.54) is 4.88 Å². The Morgan fingerprint density at radius 1 is 1.25 bits per heavy atom. The van der Waals surface area contributed by atoms with Crippen molar-refractivity contribution in [3.8, 4) is 11.5 Å². The van der Waals surface area contributed by atoms with E-state index in [9.17, 15) is 0 Å². The van der Waals surface area contributed by atoms with Crippen LogP contribution in [0.2, 0.25) is 5.02 Å². The van der Waals surface area contributed by atoms with Gasteiger partial charge in [-0.25, -0.2) is 9.98 Å². The zero-order valence-corrected chi connectivity index (χ0v) is 18.0. The first-order valence-corrected chi connectivity index (χ1v) is 10.9. The summed E-state index contributed by atoms with van der Waals surface area (Å²) in [6.45, 7) is 7.54. The third kappa shape index (κ3) is 5.75. The Kier molecular flexibility index (Phi) is 7.80. The summed E-state index contributed by atoms with van der Waals surface area (Å²) in [6, 6.07) is 3.85. The first kappa shape index (κ1) is 20.7. The molecule has 0 unspecified atom stereocenters. The molecular weight excluding hydrogens is 396 g/mol. The largest absolute Gasteiger partial charge is 0.489 e. The molecule has 0 saturated carbocycles. The summed E-state index contributed by atoms with van der Waals surface area (Å²) in [6.07, 6.45) is 4.73. The van der Waals surface area contributed by atoms with E-state index in [0.717, 1.165) is 48.9 Å². The second kappa shape index (κ2) is 10.5. The normalized spacial score (nSPS) is 13.9. The smallest absolute Gasteiger partial charge is 0.191 e. The van der Waals surface area contributed by atoms with E-state index in [2.05, 4.69) is 34.5 Å². The number of rotatable bonds is 7. The summed E-state index contributed by atoms with van der Waals surface area (Å²) in [5, 5.41) is 8.36. The van der Waals surface area contributed by atoms with E-state index in [1.807, 2.05) is 18.3 Å². The van der Waals surface area contributed by atoms with Crippen molar-refractivity contribution in [2.24, 2.45) is 4.99 Å². The highest BCUT2D eigenvalue weighted by molar-refractivity contribution is 7.11. The van der Waals surface area contributed by atoms with Gasteiger partial charge in [-0.15, -0.1) is 11.3 Å². The molecule has 0 atom stereocenters. The van der Waals surface area contributed by atoms with Crippen LogP contribution in [0.3, 0.4) is 0 Å². The van der Waals surface area contributed by atoms with Crippen LogP contribution in [0, 0.1) is 0 Å². The summed E-state index contributed by atoms with van der Waals surface area (Å²) in [5.74, 6) is 2.11. The van der Waals surface area contributed by atoms with Crippen LogP contribution in [0.1, 0.15) is 35.7 Å². The van der Waals surface area contributed by atoms with Gasteiger partial charge in [-0.1, -0.05) is 18.5 Å². The molecule has 0 radical (unpaired) electrons. The quantitative estimate of drug-likeness (QED) is 0.524. The molecule has 2 heterocycles. The number of aryl methyl sites for hydroxylation is 1. The second-order valence-corrected chi connectivity index (χ2v) is 8.01. The van der Waals surface area contributed by atoms with Crippen molar-refractivity contribution in [3.63, 3.8) is 0 Å². The molecule has 1 aliphatic rings. The number of ether oxygens (including phenoxy) is 2. The summed E-state index contributed by atoms with van der Waals surface area (Å²) in [4.78, 5) is 10.5. The van der Waals surface area contributed by atoms with Crippen LogP contribution in [0.25, 0.3) is 0 Å². The number of nitrogens with one attached hydrogen (secondary N) is 2. The van der Waals surface area contributed by atoms with E-state index >= 15 is 0 Å². The van der Waals surface area contributed by atoms with Gasteiger partial charge in [-0.05, 0) is 31.0 Å². The molecule has 1 aromatic heterocycles. The maximum atomic E-state index is 6.37. The highest BCUT2D eigenvalue weighted by atomic mass is 35.5. The fraction of sp³-hybridized carbons (Fsp3) is 0.500. The fourth-order valence-electron chi connectivity index (χ4n) is 2.80. The zero-order chi connectivity index (χ0) is 19.8. The first-order valence-electron chi connectivity index (χ1n) is 9.73. The minimum atomic E-state index is 0.503. The van der Waals surface area contributed by atoms with E-state index in [1.54, 1.807) is 11.3 Å². The average Bonchev–Trinajstić information content (AvgIpc) is 3.02. The van der Waals surface area contributed by atoms with Crippen LogP contribution in [0.5, 0.6) is 11.5 Å². The predicted octanol–water partition coefficient (Wildman–Crippen LogP) is 3.82. The third-order valence-corrected chi connectivity index (χ3v) is 5.69. The van der Waals surface area contributed by atoms with Gasteiger partial charge in [-0.3, -0.25) is 0 Å². The van der Waals surface area contributed by atoms with Crippen LogP contribution < -0.4 is 20.1 Å². The van der Waals surface area contributed by atoms with Gasteiger partial charge < -0.3 is 20.1 Å². The van der Waals surface area contributed by atoms with Crippen molar-refractivity contribution in [3.05, 3.63) is 38.8 Å². The Morgan fingerprint density at radius 2 is 2.11 bits per heavy atom. The third-order valence-electron chi connectivity index (χ3n) is 4.21. The van der Waals surface area contributed by atoms with Crippen molar-refractivity contribution in [2.75, 3.05) is 26.3 Å². The highest BCUT2D eigenvalue weighted by Gasteiger charge is 2.15. The summed E-state index contributed by atoms with van der Waals surface area (Å²) >= 11 is 8.14. The summed E-state index contributed by atoms with van der Waals surface area (Å²) in [5.41, 5.74) is 0.985. The van der Waals surface area contributed by atoms with Gasteiger partial charge in [0.2, 0.25) is 0 Å². The minimum Gasteiger partial charge on any atom is -0.489 e. The van der Waals surface area contributed by atoms with Gasteiger partial charge in [0.25, 0.3) is 0 Å². The Morgan fingerprint density at radius 3 is 2.89 bits per heavy atom. The molecule has 28 heavy (non-hydrogen) atoms. The number of aromatic nitrogens is 1. The molecule has 8 heteroatoms. The van der Waals surface area contributed by atoms with Gasteiger partial charge in [-0.2, -0.15) is 0 Å². The first-order chi connectivity index (χ1) is 13.7.